The first-order chi connectivity index (χ1) is 7.99. The SMILES string of the molecule is Cc1ccc(C(=O)c2cc(C)c(Cl)s2)cc1F. The van der Waals surface area contributed by atoms with E-state index < -0.39 is 0 Å². The van der Waals surface area contributed by atoms with Crippen molar-refractivity contribution in [2.24, 2.45) is 0 Å². The van der Waals surface area contributed by atoms with Crippen molar-refractivity contribution in [1.29, 1.82) is 0 Å². The van der Waals surface area contributed by atoms with Crippen LogP contribution in [0.1, 0.15) is 26.4 Å². The maximum absolute atomic E-state index is 13.4. The summed E-state index contributed by atoms with van der Waals surface area (Å²) in [4.78, 5) is 12.6. The van der Waals surface area contributed by atoms with Gasteiger partial charge in [-0.05, 0) is 37.1 Å². The lowest BCUT2D eigenvalue weighted by Crippen LogP contribution is -1.99. The first-order valence-electron chi connectivity index (χ1n) is 5.06. The second-order valence-electron chi connectivity index (χ2n) is 3.86. The second kappa shape index (κ2) is 4.59. The third kappa shape index (κ3) is 2.40. The Morgan fingerprint density at radius 2 is 1.94 bits per heavy atom. The van der Waals surface area contributed by atoms with Crippen LogP contribution in [0.15, 0.2) is 24.3 Å². The molecule has 0 atom stereocenters. The van der Waals surface area contributed by atoms with Crippen LogP contribution in [0.2, 0.25) is 4.34 Å². The Morgan fingerprint density at radius 1 is 1.24 bits per heavy atom. The molecule has 2 rings (SSSR count). The van der Waals surface area contributed by atoms with E-state index in [1.165, 1.54) is 17.4 Å². The molecule has 1 aromatic carbocycles. The Bertz CT molecular complexity index is 570. The molecule has 0 N–H and O–H groups in total. The smallest absolute Gasteiger partial charge is 0.203 e. The Kier molecular flexibility index (Phi) is 3.31. The number of carbonyl (C=O) groups is 1. The minimum absolute atomic E-state index is 0.191. The van der Waals surface area contributed by atoms with Crippen molar-refractivity contribution in [2.75, 3.05) is 0 Å². The quantitative estimate of drug-likeness (QED) is 0.739. The molecule has 17 heavy (non-hydrogen) atoms. The van der Waals surface area contributed by atoms with Crippen molar-refractivity contribution < 1.29 is 9.18 Å². The largest absolute Gasteiger partial charge is 0.288 e. The Morgan fingerprint density at radius 3 is 2.47 bits per heavy atom. The van der Waals surface area contributed by atoms with Gasteiger partial charge in [0, 0.05) is 5.56 Å². The number of benzene rings is 1. The van der Waals surface area contributed by atoms with Crippen LogP contribution in [0.4, 0.5) is 4.39 Å². The standard InChI is InChI=1S/C13H10ClFOS/c1-7-3-4-9(6-10(7)15)12(16)11-5-8(2)13(14)17-11/h3-6H,1-2H3. The summed E-state index contributed by atoms with van der Waals surface area (Å²) in [6, 6.07) is 6.22. The van der Waals surface area contributed by atoms with Gasteiger partial charge in [-0.3, -0.25) is 4.79 Å². The van der Waals surface area contributed by atoms with Gasteiger partial charge in [-0.25, -0.2) is 4.39 Å². The summed E-state index contributed by atoms with van der Waals surface area (Å²) < 4.78 is 14.0. The lowest BCUT2D eigenvalue weighted by atomic mass is 10.1. The van der Waals surface area contributed by atoms with Crippen LogP contribution in [0.5, 0.6) is 0 Å². The molecule has 4 heteroatoms. The molecule has 0 aliphatic heterocycles. The fourth-order valence-electron chi connectivity index (χ4n) is 1.45. The van der Waals surface area contributed by atoms with Crippen molar-refractivity contribution in [3.8, 4) is 0 Å². The molecule has 88 valence electrons. The molecular formula is C13H10ClFOS. The van der Waals surface area contributed by atoms with Gasteiger partial charge >= 0.3 is 0 Å². The van der Waals surface area contributed by atoms with Crippen LogP contribution >= 0.6 is 22.9 Å². The zero-order valence-electron chi connectivity index (χ0n) is 9.38. The summed E-state index contributed by atoms with van der Waals surface area (Å²) in [6.07, 6.45) is 0. The van der Waals surface area contributed by atoms with Crippen LogP contribution < -0.4 is 0 Å². The van der Waals surface area contributed by atoms with E-state index in [9.17, 15) is 9.18 Å². The highest BCUT2D eigenvalue weighted by molar-refractivity contribution is 7.18. The maximum atomic E-state index is 13.4. The molecule has 1 aromatic heterocycles. The molecule has 0 bridgehead atoms. The predicted molar refractivity (Wildman–Crippen MR) is 68.6 cm³/mol. The Hall–Kier alpha value is -1.19. The van der Waals surface area contributed by atoms with E-state index in [-0.39, 0.29) is 11.6 Å². The van der Waals surface area contributed by atoms with Crippen molar-refractivity contribution >= 4 is 28.7 Å². The zero-order valence-corrected chi connectivity index (χ0v) is 11.0. The summed E-state index contributed by atoms with van der Waals surface area (Å²) in [7, 11) is 0. The van der Waals surface area contributed by atoms with E-state index in [0.717, 1.165) is 5.56 Å². The first kappa shape index (κ1) is 12.3. The van der Waals surface area contributed by atoms with Crippen LogP contribution in [0, 0.1) is 19.7 Å². The van der Waals surface area contributed by atoms with Crippen molar-refractivity contribution in [3.05, 3.63) is 56.0 Å². The number of hydrogen-bond donors (Lipinski definition) is 0. The van der Waals surface area contributed by atoms with Gasteiger partial charge in [0.1, 0.15) is 5.82 Å². The molecule has 0 amide bonds. The van der Waals surface area contributed by atoms with E-state index in [0.29, 0.717) is 20.3 Å². The normalized spacial score (nSPS) is 10.6. The van der Waals surface area contributed by atoms with Gasteiger partial charge in [-0.15, -0.1) is 11.3 Å². The third-order valence-electron chi connectivity index (χ3n) is 2.52. The molecule has 0 saturated carbocycles. The van der Waals surface area contributed by atoms with Gasteiger partial charge in [-0.1, -0.05) is 23.7 Å². The van der Waals surface area contributed by atoms with E-state index in [1.807, 2.05) is 6.92 Å². The van der Waals surface area contributed by atoms with Crippen molar-refractivity contribution in [1.82, 2.24) is 0 Å². The molecule has 0 fully saturated rings. The maximum Gasteiger partial charge on any atom is 0.203 e. The van der Waals surface area contributed by atoms with Gasteiger partial charge in [0.25, 0.3) is 0 Å². The minimum atomic E-state index is -0.366. The van der Waals surface area contributed by atoms with E-state index >= 15 is 0 Å². The summed E-state index contributed by atoms with van der Waals surface area (Å²) >= 11 is 7.13. The zero-order chi connectivity index (χ0) is 12.6. The number of carbonyl (C=O) groups excluding carboxylic acids is 1. The molecule has 0 spiro atoms. The fraction of sp³-hybridized carbons (Fsp3) is 0.154. The molecule has 1 nitrogen and oxygen atoms in total. The highest BCUT2D eigenvalue weighted by atomic mass is 35.5. The molecule has 2 aromatic rings. The summed E-state index contributed by atoms with van der Waals surface area (Å²) in [5.74, 6) is -0.556. The highest BCUT2D eigenvalue weighted by Crippen LogP contribution is 2.28. The number of thiophene rings is 1. The van der Waals surface area contributed by atoms with Crippen LogP contribution in [-0.2, 0) is 0 Å². The molecule has 0 aliphatic carbocycles. The Balaban J connectivity index is 2.40. The molecule has 0 unspecified atom stereocenters. The lowest BCUT2D eigenvalue weighted by Gasteiger charge is -2.00. The van der Waals surface area contributed by atoms with Crippen LogP contribution in [0.3, 0.4) is 0 Å². The van der Waals surface area contributed by atoms with Gasteiger partial charge in [-0.2, -0.15) is 0 Å². The number of halogens is 2. The number of hydrogen-bond acceptors (Lipinski definition) is 2. The molecular weight excluding hydrogens is 259 g/mol. The monoisotopic (exact) mass is 268 g/mol. The fourth-order valence-corrected chi connectivity index (χ4v) is 2.61. The van der Waals surface area contributed by atoms with E-state index in [4.69, 9.17) is 11.6 Å². The topological polar surface area (TPSA) is 17.1 Å². The predicted octanol–water partition coefficient (Wildman–Crippen LogP) is 4.39. The second-order valence-corrected chi connectivity index (χ2v) is 5.51. The van der Waals surface area contributed by atoms with Gasteiger partial charge in [0.2, 0.25) is 5.78 Å². The number of rotatable bonds is 2. The van der Waals surface area contributed by atoms with Gasteiger partial charge in [0.05, 0.1) is 9.21 Å². The van der Waals surface area contributed by atoms with Gasteiger partial charge in [0.15, 0.2) is 0 Å². The summed E-state index contributed by atoms with van der Waals surface area (Å²) in [6.45, 7) is 3.50. The summed E-state index contributed by atoms with van der Waals surface area (Å²) in [5.41, 5.74) is 1.75. The number of ketones is 1. The summed E-state index contributed by atoms with van der Waals surface area (Å²) in [5, 5.41) is 0. The molecule has 0 aliphatic rings. The highest BCUT2D eigenvalue weighted by Gasteiger charge is 2.14. The average Bonchev–Trinajstić information content (AvgIpc) is 2.62. The van der Waals surface area contributed by atoms with Crippen LogP contribution in [0.25, 0.3) is 0 Å². The van der Waals surface area contributed by atoms with Gasteiger partial charge < -0.3 is 0 Å². The average molecular weight is 269 g/mol. The van der Waals surface area contributed by atoms with Crippen molar-refractivity contribution in [3.63, 3.8) is 0 Å². The molecule has 0 saturated heterocycles. The molecule has 0 radical (unpaired) electrons. The van der Waals surface area contributed by atoms with Crippen molar-refractivity contribution in [2.45, 2.75) is 13.8 Å². The molecule has 1 heterocycles. The minimum Gasteiger partial charge on any atom is -0.288 e. The Labute approximate surface area is 108 Å². The van der Waals surface area contributed by atoms with E-state index in [2.05, 4.69) is 0 Å². The lowest BCUT2D eigenvalue weighted by molar-refractivity contribution is 0.104. The first-order valence-corrected chi connectivity index (χ1v) is 6.25. The van der Waals surface area contributed by atoms with Crippen LogP contribution in [-0.4, -0.2) is 5.78 Å². The third-order valence-corrected chi connectivity index (χ3v) is 4.07. The number of aryl methyl sites for hydroxylation is 2. The van der Waals surface area contributed by atoms with E-state index in [1.54, 1.807) is 25.1 Å².